The molecule has 0 unspecified atom stereocenters. The number of hydrogen-bond acceptors (Lipinski definition) is 3. The van der Waals surface area contributed by atoms with Gasteiger partial charge in [0, 0.05) is 25.0 Å². The highest BCUT2D eigenvalue weighted by Crippen LogP contribution is 2.45. The Morgan fingerprint density at radius 1 is 0.900 bits per heavy atom. The van der Waals surface area contributed by atoms with Gasteiger partial charge >= 0.3 is 0 Å². The molecule has 2 aromatic rings. The van der Waals surface area contributed by atoms with Crippen molar-refractivity contribution in [2.24, 2.45) is 0 Å². The summed E-state index contributed by atoms with van der Waals surface area (Å²) in [6.45, 7) is 9.10. The third kappa shape index (κ3) is 4.29. The molecule has 5 rings (SSSR count). The van der Waals surface area contributed by atoms with Gasteiger partial charge in [-0.3, -0.25) is 4.90 Å². The Morgan fingerprint density at radius 2 is 1.73 bits per heavy atom. The van der Waals surface area contributed by atoms with E-state index in [4.69, 9.17) is 4.74 Å². The highest BCUT2D eigenvalue weighted by atomic mass is 16.5. The molecule has 0 saturated carbocycles. The summed E-state index contributed by atoms with van der Waals surface area (Å²) in [6, 6.07) is 16.7. The third-order valence-corrected chi connectivity index (χ3v) is 7.39. The Kier molecular flexibility index (Phi) is 6.10. The molecule has 3 heterocycles. The van der Waals surface area contributed by atoms with Crippen molar-refractivity contribution >= 4 is 0 Å². The number of nitrogens with zero attached hydrogens (tertiary/aromatic N) is 2. The van der Waals surface area contributed by atoms with E-state index in [1.165, 1.54) is 80.5 Å². The molecule has 0 amide bonds. The molecule has 0 spiro atoms. The van der Waals surface area contributed by atoms with Crippen LogP contribution in [-0.4, -0.2) is 49.1 Å². The summed E-state index contributed by atoms with van der Waals surface area (Å²) in [4.78, 5) is 5.30. The maximum atomic E-state index is 6.22. The number of hydrogen-bond donors (Lipinski definition) is 0. The molecule has 0 bridgehead atoms. The van der Waals surface area contributed by atoms with Crippen molar-refractivity contribution in [3.63, 3.8) is 0 Å². The molecule has 3 heteroatoms. The highest BCUT2D eigenvalue weighted by molar-refractivity contribution is 5.46. The minimum atomic E-state index is 0.475. The number of benzene rings is 2. The standard InChI is InChI=1S/C27H36N2O/c1-21-8-10-22(11-9-21)26-20-29-17-5-7-27(29)25-19-23(12-13-24(25)26)30-18-6-16-28-14-3-2-4-15-28/h8-13,19,26-27H,2-7,14-18,20H2,1H3/t26-,27+/m0/s1. The summed E-state index contributed by atoms with van der Waals surface area (Å²) in [5, 5.41) is 0. The lowest BCUT2D eigenvalue weighted by atomic mass is 9.81. The first kappa shape index (κ1) is 20.1. The third-order valence-electron chi connectivity index (χ3n) is 7.39. The summed E-state index contributed by atoms with van der Waals surface area (Å²) in [5.41, 5.74) is 5.81. The molecule has 0 aromatic heterocycles. The Labute approximate surface area is 182 Å². The van der Waals surface area contributed by atoms with Crippen molar-refractivity contribution in [1.29, 1.82) is 0 Å². The molecule has 0 N–H and O–H groups in total. The maximum absolute atomic E-state index is 6.22. The van der Waals surface area contributed by atoms with Gasteiger partial charge in [-0.15, -0.1) is 0 Å². The van der Waals surface area contributed by atoms with E-state index < -0.39 is 0 Å². The molecule has 160 valence electrons. The van der Waals surface area contributed by atoms with E-state index in [1.54, 1.807) is 0 Å². The number of rotatable bonds is 6. The van der Waals surface area contributed by atoms with Crippen LogP contribution in [0.2, 0.25) is 0 Å². The zero-order valence-corrected chi connectivity index (χ0v) is 18.5. The molecule has 2 saturated heterocycles. The Balaban J connectivity index is 1.29. The zero-order chi connectivity index (χ0) is 20.3. The molecule has 2 aromatic carbocycles. The van der Waals surface area contributed by atoms with E-state index in [1.807, 2.05) is 0 Å². The highest BCUT2D eigenvalue weighted by Gasteiger charge is 2.36. The average molecular weight is 405 g/mol. The van der Waals surface area contributed by atoms with Crippen molar-refractivity contribution in [3.05, 3.63) is 64.7 Å². The normalized spacial score (nSPS) is 24.4. The fourth-order valence-electron chi connectivity index (χ4n) is 5.72. The van der Waals surface area contributed by atoms with Crippen LogP contribution < -0.4 is 4.74 Å². The molecule has 30 heavy (non-hydrogen) atoms. The van der Waals surface area contributed by atoms with Gasteiger partial charge in [0.2, 0.25) is 0 Å². The van der Waals surface area contributed by atoms with Crippen LogP contribution in [0.5, 0.6) is 5.75 Å². The number of fused-ring (bicyclic) bond motifs is 3. The van der Waals surface area contributed by atoms with E-state index in [2.05, 4.69) is 59.2 Å². The van der Waals surface area contributed by atoms with E-state index in [-0.39, 0.29) is 0 Å². The zero-order valence-electron chi connectivity index (χ0n) is 18.5. The quantitative estimate of drug-likeness (QED) is 0.589. The van der Waals surface area contributed by atoms with Crippen molar-refractivity contribution in [3.8, 4) is 5.75 Å². The minimum Gasteiger partial charge on any atom is -0.494 e. The molecule has 0 radical (unpaired) electrons. The first-order chi connectivity index (χ1) is 14.8. The van der Waals surface area contributed by atoms with E-state index in [0.717, 1.165) is 25.3 Å². The molecule has 2 atom stereocenters. The molecule has 3 aliphatic heterocycles. The second-order valence-electron chi connectivity index (χ2n) is 9.51. The van der Waals surface area contributed by atoms with Crippen LogP contribution in [-0.2, 0) is 0 Å². The molecule has 3 aliphatic rings. The van der Waals surface area contributed by atoms with E-state index in [9.17, 15) is 0 Å². The van der Waals surface area contributed by atoms with Gasteiger partial charge in [-0.25, -0.2) is 0 Å². The van der Waals surface area contributed by atoms with Crippen LogP contribution >= 0.6 is 0 Å². The number of aryl methyl sites for hydroxylation is 1. The van der Waals surface area contributed by atoms with Gasteiger partial charge in [0.05, 0.1) is 6.61 Å². The number of likely N-dealkylation sites (tertiary alicyclic amines) is 1. The first-order valence-electron chi connectivity index (χ1n) is 12.1. The van der Waals surface area contributed by atoms with Crippen LogP contribution in [0.1, 0.15) is 72.7 Å². The van der Waals surface area contributed by atoms with Crippen LogP contribution in [0.3, 0.4) is 0 Å². The summed E-state index contributed by atoms with van der Waals surface area (Å²) in [6.07, 6.45) is 7.86. The Bertz CT molecular complexity index is 840. The van der Waals surface area contributed by atoms with E-state index >= 15 is 0 Å². The Hall–Kier alpha value is -1.84. The smallest absolute Gasteiger partial charge is 0.119 e. The molecule has 2 fully saturated rings. The van der Waals surface area contributed by atoms with Gasteiger partial charge in [0.25, 0.3) is 0 Å². The fourth-order valence-corrected chi connectivity index (χ4v) is 5.72. The van der Waals surface area contributed by atoms with Gasteiger partial charge in [-0.05, 0) is 87.5 Å². The monoisotopic (exact) mass is 404 g/mol. The summed E-state index contributed by atoms with van der Waals surface area (Å²) < 4.78 is 6.22. The number of ether oxygens (including phenoxy) is 1. The van der Waals surface area contributed by atoms with Crippen molar-refractivity contribution in [2.75, 3.05) is 39.3 Å². The summed E-state index contributed by atoms with van der Waals surface area (Å²) in [5.74, 6) is 1.53. The van der Waals surface area contributed by atoms with Gasteiger partial charge in [0.1, 0.15) is 5.75 Å². The minimum absolute atomic E-state index is 0.475. The number of piperidine rings is 1. The SMILES string of the molecule is Cc1ccc([C@@H]2CN3CCC[C@@H]3c3cc(OCCCN4CCCCC4)ccc32)cc1. The fraction of sp³-hybridized carbons (Fsp3) is 0.556. The van der Waals surface area contributed by atoms with Crippen molar-refractivity contribution in [1.82, 2.24) is 9.80 Å². The van der Waals surface area contributed by atoms with Gasteiger partial charge in [0.15, 0.2) is 0 Å². The molecular weight excluding hydrogens is 368 g/mol. The second-order valence-corrected chi connectivity index (χ2v) is 9.51. The van der Waals surface area contributed by atoms with Crippen LogP contribution in [0.4, 0.5) is 0 Å². The molecular formula is C27H36N2O. The van der Waals surface area contributed by atoms with Crippen LogP contribution in [0.25, 0.3) is 0 Å². The van der Waals surface area contributed by atoms with Crippen LogP contribution in [0, 0.1) is 6.92 Å². The van der Waals surface area contributed by atoms with Crippen molar-refractivity contribution < 1.29 is 4.74 Å². The Morgan fingerprint density at radius 3 is 2.57 bits per heavy atom. The average Bonchev–Trinajstić information content (AvgIpc) is 3.26. The predicted octanol–water partition coefficient (Wildman–Crippen LogP) is 5.53. The lowest BCUT2D eigenvalue weighted by molar-refractivity contribution is 0.204. The predicted molar refractivity (Wildman–Crippen MR) is 123 cm³/mol. The molecule has 0 aliphatic carbocycles. The second kappa shape index (κ2) is 9.11. The van der Waals surface area contributed by atoms with Gasteiger partial charge in [-0.2, -0.15) is 0 Å². The largest absolute Gasteiger partial charge is 0.494 e. The summed E-state index contributed by atoms with van der Waals surface area (Å²) >= 11 is 0. The van der Waals surface area contributed by atoms with Crippen molar-refractivity contribution in [2.45, 2.75) is 57.4 Å². The lowest BCUT2D eigenvalue weighted by Crippen LogP contribution is -2.34. The van der Waals surface area contributed by atoms with E-state index in [0.29, 0.717) is 12.0 Å². The van der Waals surface area contributed by atoms with Crippen LogP contribution in [0.15, 0.2) is 42.5 Å². The van der Waals surface area contributed by atoms with Gasteiger partial charge in [-0.1, -0.05) is 42.3 Å². The first-order valence-corrected chi connectivity index (χ1v) is 12.1. The summed E-state index contributed by atoms with van der Waals surface area (Å²) in [7, 11) is 0. The van der Waals surface area contributed by atoms with Gasteiger partial charge < -0.3 is 9.64 Å². The maximum Gasteiger partial charge on any atom is 0.119 e. The topological polar surface area (TPSA) is 15.7 Å². The lowest BCUT2D eigenvalue weighted by Gasteiger charge is -2.37. The molecule has 3 nitrogen and oxygen atoms in total.